The first-order valence-electron chi connectivity index (χ1n) is 6.92. The second kappa shape index (κ2) is 5.36. The van der Waals surface area contributed by atoms with Gasteiger partial charge in [-0.1, -0.05) is 20.3 Å². The summed E-state index contributed by atoms with van der Waals surface area (Å²) < 4.78 is 0. The Morgan fingerprint density at radius 1 is 1.41 bits per heavy atom. The molecule has 2 aliphatic heterocycles. The predicted octanol–water partition coefficient (Wildman–Crippen LogP) is 0.666. The molecule has 0 aromatic carbocycles. The van der Waals surface area contributed by atoms with Crippen molar-refractivity contribution < 1.29 is 4.79 Å². The van der Waals surface area contributed by atoms with E-state index in [4.69, 9.17) is 5.73 Å². The predicted molar refractivity (Wildman–Crippen MR) is 68.6 cm³/mol. The number of carbonyl (C=O) groups excluding carboxylic acids is 1. The van der Waals surface area contributed by atoms with E-state index in [9.17, 15) is 4.79 Å². The van der Waals surface area contributed by atoms with Gasteiger partial charge in [0.25, 0.3) is 0 Å². The molecule has 4 nitrogen and oxygen atoms in total. The van der Waals surface area contributed by atoms with Crippen molar-refractivity contribution in [1.82, 2.24) is 9.80 Å². The van der Waals surface area contributed by atoms with Crippen LogP contribution in [0.25, 0.3) is 0 Å². The summed E-state index contributed by atoms with van der Waals surface area (Å²) in [5.74, 6) is 0.440. The molecule has 2 fully saturated rings. The fraction of sp³-hybridized carbons (Fsp3) is 0.923. The van der Waals surface area contributed by atoms with Crippen molar-refractivity contribution in [2.45, 2.75) is 45.2 Å². The Balaban J connectivity index is 1.92. The van der Waals surface area contributed by atoms with Crippen LogP contribution in [0.2, 0.25) is 0 Å². The first-order valence-corrected chi connectivity index (χ1v) is 6.92. The van der Waals surface area contributed by atoms with E-state index in [-0.39, 0.29) is 17.9 Å². The summed E-state index contributed by atoms with van der Waals surface area (Å²) in [6.07, 6.45) is 3.49. The number of hydrogen-bond acceptors (Lipinski definition) is 3. The van der Waals surface area contributed by atoms with Crippen LogP contribution in [-0.2, 0) is 4.79 Å². The van der Waals surface area contributed by atoms with Crippen LogP contribution >= 0.6 is 0 Å². The van der Waals surface area contributed by atoms with Gasteiger partial charge in [0.15, 0.2) is 0 Å². The lowest BCUT2D eigenvalue weighted by molar-refractivity contribution is -0.136. The lowest BCUT2D eigenvalue weighted by Crippen LogP contribution is -2.56. The molecule has 0 aromatic rings. The average Bonchev–Trinajstić information content (AvgIpc) is 2.83. The summed E-state index contributed by atoms with van der Waals surface area (Å²) >= 11 is 0. The maximum atomic E-state index is 12.3. The second-order valence-electron chi connectivity index (χ2n) is 5.53. The minimum absolute atomic E-state index is 0.158. The Morgan fingerprint density at radius 3 is 2.88 bits per heavy atom. The first kappa shape index (κ1) is 12.8. The average molecular weight is 239 g/mol. The molecule has 0 bridgehead atoms. The van der Waals surface area contributed by atoms with Crippen molar-refractivity contribution in [3.63, 3.8) is 0 Å². The molecule has 98 valence electrons. The topological polar surface area (TPSA) is 49.6 Å². The highest BCUT2D eigenvalue weighted by atomic mass is 16.2. The van der Waals surface area contributed by atoms with E-state index < -0.39 is 0 Å². The van der Waals surface area contributed by atoms with Crippen LogP contribution in [-0.4, -0.2) is 54.0 Å². The largest absolute Gasteiger partial charge is 0.338 e. The first-order chi connectivity index (χ1) is 8.13. The van der Waals surface area contributed by atoms with Crippen molar-refractivity contribution in [3.05, 3.63) is 0 Å². The molecule has 4 heteroatoms. The summed E-state index contributed by atoms with van der Waals surface area (Å²) in [6, 6.07) is 0.282. The van der Waals surface area contributed by atoms with Gasteiger partial charge in [-0.2, -0.15) is 0 Å². The highest BCUT2D eigenvalue weighted by molar-refractivity contribution is 5.82. The SMILES string of the molecule is CC[C@H](C)[C@H](N)C(=O)N1CCN2CCCC2C1. The fourth-order valence-electron chi connectivity index (χ4n) is 2.90. The molecule has 2 N–H and O–H groups in total. The standard InChI is InChI=1S/C13H25N3O/c1-3-10(2)12(14)13(17)16-8-7-15-6-4-5-11(15)9-16/h10-12H,3-9,14H2,1-2H3/t10-,11?,12-/m0/s1. The van der Waals surface area contributed by atoms with Crippen molar-refractivity contribution in [2.75, 3.05) is 26.2 Å². The number of hydrogen-bond donors (Lipinski definition) is 1. The molecule has 17 heavy (non-hydrogen) atoms. The van der Waals surface area contributed by atoms with Crippen LogP contribution in [0, 0.1) is 5.92 Å². The third-order valence-electron chi connectivity index (χ3n) is 4.44. The zero-order valence-electron chi connectivity index (χ0n) is 11.1. The van der Waals surface area contributed by atoms with Gasteiger partial charge in [-0.25, -0.2) is 0 Å². The lowest BCUT2D eigenvalue weighted by atomic mass is 9.98. The molecule has 2 rings (SSSR count). The highest BCUT2D eigenvalue weighted by Gasteiger charge is 2.34. The lowest BCUT2D eigenvalue weighted by Gasteiger charge is -2.39. The highest BCUT2D eigenvalue weighted by Crippen LogP contribution is 2.22. The van der Waals surface area contributed by atoms with Gasteiger partial charge in [0, 0.05) is 25.7 Å². The van der Waals surface area contributed by atoms with E-state index in [1.54, 1.807) is 0 Å². The van der Waals surface area contributed by atoms with Crippen molar-refractivity contribution >= 4 is 5.91 Å². The summed E-state index contributed by atoms with van der Waals surface area (Å²) in [7, 11) is 0. The normalized spacial score (nSPS) is 28.9. The minimum Gasteiger partial charge on any atom is -0.338 e. The van der Waals surface area contributed by atoms with Gasteiger partial charge in [-0.05, 0) is 25.3 Å². The van der Waals surface area contributed by atoms with Gasteiger partial charge in [0.1, 0.15) is 0 Å². The minimum atomic E-state index is -0.312. The molecule has 2 heterocycles. The van der Waals surface area contributed by atoms with E-state index >= 15 is 0 Å². The number of piperazine rings is 1. The van der Waals surface area contributed by atoms with Gasteiger partial charge < -0.3 is 10.6 Å². The fourth-order valence-corrected chi connectivity index (χ4v) is 2.90. The molecular weight excluding hydrogens is 214 g/mol. The number of amides is 1. The van der Waals surface area contributed by atoms with E-state index in [0.717, 1.165) is 26.1 Å². The molecule has 0 aromatic heterocycles. The molecule has 0 spiro atoms. The zero-order chi connectivity index (χ0) is 12.4. The summed E-state index contributed by atoms with van der Waals surface area (Å²) in [6.45, 7) is 8.15. The zero-order valence-corrected chi connectivity index (χ0v) is 11.1. The summed E-state index contributed by atoms with van der Waals surface area (Å²) in [5.41, 5.74) is 6.03. The third-order valence-corrected chi connectivity index (χ3v) is 4.44. The van der Waals surface area contributed by atoms with Crippen LogP contribution in [0.3, 0.4) is 0 Å². The Labute approximate surface area is 104 Å². The van der Waals surface area contributed by atoms with Crippen LogP contribution in [0.15, 0.2) is 0 Å². The quantitative estimate of drug-likeness (QED) is 0.787. The number of fused-ring (bicyclic) bond motifs is 1. The number of nitrogens with zero attached hydrogens (tertiary/aromatic N) is 2. The molecule has 2 saturated heterocycles. The molecule has 1 unspecified atom stereocenters. The molecule has 1 amide bonds. The second-order valence-corrected chi connectivity index (χ2v) is 5.53. The summed E-state index contributed by atoms with van der Waals surface area (Å²) in [5, 5.41) is 0. The molecular formula is C13H25N3O. The van der Waals surface area contributed by atoms with Gasteiger partial charge in [-0.3, -0.25) is 9.69 Å². The van der Waals surface area contributed by atoms with E-state index in [0.29, 0.717) is 6.04 Å². The van der Waals surface area contributed by atoms with Crippen LogP contribution in [0.4, 0.5) is 0 Å². The number of carbonyl (C=O) groups is 1. The molecule has 0 radical (unpaired) electrons. The smallest absolute Gasteiger partial charge is 0.239 e. The molecule has 3 atom stereocenters. The van der Waals surface area contributed by atoms with E-state index in [2.05, 4.69) is 18.7 Å². The maximum Gasteiger partial charge on any atom is 0.239 e. The van der Waals surface area contributed by atoms with Crippen molar-refractivity contribution in [1.29, 1.82) is 0 Å². The maximum absolute atomic E-state index is 12.3. The Hall–Kier alpha value is -0.610. The van der Waals surface area contributed by atoms with Gasteiger partial charge in [0.05, 0.1) is 6.04 Å². The third kappa shape index (κ3) is 2.63. The molecule has 0 saturated carbocycles. The van der Waals surface area contributed by atoms with Crippen molar-refractivity contribution in [3.8, 4) is 0 Å². The van der Waals surface area contributed by atoms with Crippen molar-refractivity contribution in [2.24, 2.45) is 11.7 Å². The Morgan fingerprint density at radius 2 is 2.18 bits per heavy atom. The van der Waals surface area contributed by atoms with Gasteiger partial charge in [0.2, 0.25) is 5.91 Å². The van der Waals surface area contributed by atoms with Gasteiger partial charge in [-0.15, -0.1) is 0 Å². The van der Waals surface area contributed by atoms with Crippen LogP contribution < -0.4 is 5.73 Å². The number of rotatable bonds is 3. The Kier molecular flexibility index (Phi) is 4.05. The van der Waals surface area contributed by atoms with E-state index in [1.165, 1.54) is 19.4 Å². The van der Waals surface area contributed by atoms with Gasteiger partial charge >= 0.3 is 0 Å². The van der Waals surface area contributed by atoms with E-state index in [1.807, 2.05) is 4.90 Å². The monoisotopic (exact) mass is 239 g/mol. The molecule has 2 aliphatic rings. The summed E-state index contributed by atoms with van der Waals surface area (Å²) in [4.78, 5) is 16.8. The van der Waals surface area contributed by atoms with Crippen LogP contribution in [0.1, 0.15) is 33.1 Å². The van der Waals surface area contributed by atoms with Crippen LogP contribution in [0.5, 0.6) is 0 Å². The number of nitrogens with two attached hydrogens (primary N) is 1. The Bertz CT molecular complexity index is 282. The molecule has 0 aliphatic carbocycles.